The highest BCUT2D eigenvalue weighted by molar-refractivity contribution is 9.10. The molecule has 1 amide bonds. The molecule has 4 heterocycles. The average Bonchev–Trinajstić information content (AvgIpc) is 3.44. The van der Waals surface area contributed by atoms with E-state index >= 15 is 4.79 Å². The van der Waals surface area contributed by atoms with Gasteiger partial charge >= 0.3 is 11.8 Å². The fourth-order valence-electron chi connectivity index (χ4n) is 8.06. The largest absolute Gasteiger partial charge is 0.494 e. The summed E-state index contributed by atoms with van der Waals surface area (Å²) in [6, 6.07) is 3.31. The fourth-order valence-corrected chi connectivity index (χ4v) is 8.47. The Kier molecular flexibility index (Phi) is 10.9. The number of rotatable bonds is 3. The van der Waals surface area contributed by atoms with E-state index in [4.69, 9.17) is 37.8 Å². The standard InChI is InChI=1S/C43H45BrN2O12/c1-18-11-10-12-19(2)42(51)46-33-35(49)29-28(32-39(33)56-27-17-24(44)16-26(53-9)31(27)45-32)30-37-22(5)36(29)57-40(34(48)20(3)15-18)38(55-23(6)47)21(4)25(52-8)13-14-54-43(7,58-37)41(30)50/h10-14,16-18,20-21,25,34,38,40,48H,15H2,1-9H3,(H,46,51)/b11-10+,14-13+,19-12-/t18?,20-,21-,25+,34-,38?,40?,43+/m1/s1. The van der Waals surface area contributed by atoms with Crippen LogP contribution in [0.3, 0.4) is 0 Å². The van der Waals surface area contributed by atoms with Crippen LogP contribution in [0.1, 0.15) is 63.9 Å². The first-order valence-corrected chi connectivity index (χ1v) is 19.7. The molecule has 14 nitrogen and oxygen atoms in total. The zero-order chi connectivity index (χ0) is 42.0. The van der Waals surface area contributed by atoms with Crippen LogP contribution in [0.4, 0.5) is 5.69 Å². The normalized spacial score (nSPS) is 29.5. The first-order chi connectivity index (χ1) is 27.5. The Morgan fingerprint density at radius 2 is 1.81 bits per heavy atom. The van der Waals surface area contributed by atoms with E-state index in [1.807, 2.05) is 19.9 Å². The van der Waals surface area contributed by atoms with Crippen molar-refractivity contribution in [3.63, 3.8) is 0 Å². The minimum Gasteiger partial charge on any atom is -0.494 e. The lowest BCUT2D eigenvalue weighted by atomic mass is 9.83. The van der Waals surface area contributed by atoms with E-state index in [1.54, 1.807) is 51.1 Å². The molecule has 0 saturated carbocycles. The number of esters is 1. The molecular weight excluding hydrogens is 816 g/mol. The van der Waals surface area contributed by atoms with Gasteiger partial charge < -0.3 is 43.3 Å². The maximum absolute atomic E-state index is 15.3. The number of Topliss-reactive ketones (excluding diaryl/α,β-unsaturated/α-hetero) is 1. The third-order valence-electron chi connectivity index (χ3n) is 11.2. The summed E-state index contributed by atoms with van der Waals surface area (Å²) in [5, 5.41) is 15.0. The van der Waals surface area contributed by atoms with E-state index in [2.05, 4.69) is 21.2 Å². The number of halogens is 1. The number of hydrogen-bond acceptors (Lipinski definition) is 13. The number of nitrogens with zero attached hydrogens (tertiary/aromatic N) is 1. The number of amides is 1. The van der Waals surface area contributed by atoms with E-state index in [1.165, 1.54) is 34.3 Å². The van der Waals surface area contributed by atoms with Crippen LogP contribution in [-0.2, 0) is 23.8 Å². The van der Waals surface area contributed by atoms with Gasteiger partial charge in [0.1, 0.15) is 40.3 Å². The lowest BCUT2D eigenvalue weighted by molar-refractivity contribution is -0.166. The first kappa shape index (κ1) is 40.9. The highest BCUT2D eigenvalue weighted by Gasteiger charge is 2.51. The van der Waals surface area contributed by atoms with Gasteiger partial charge in [-0.15, -0.1) is 0 Å². The molecule has 58 heavy (non-hydrogen) atoms. The van der Waals surface area contributed by atoms with Crippen LogP contribution in [-0.4, -0.2) is 72.2 Å². The van der Waals surface area contributed by atoms with Gasteiger partial charge in [-0.1, -0.05) is 54.9 Å². The zero-order valence-electron chi connectivity index (χ0n) is 33.6. The molecule has 0 radical (unpaired) electrons. The lowest BCUT2D eigenvalue weighted by Crippen LogP contribution is -2.52. The molecule has 0 saturated heterocycles. The molecule has 0 aromatic heterocycles. The molecule has 8 atom stereocenters. The average molecular weight is 862 g/mol. The molecule has 0 spiro atoms. The van der Waals surface area contributed by atoms with Crippen LogP contribution in [0.15, 0.2) is 62.0 Å². The second-order valence-corrected chi connectivity index (χ2v) is 16.3. The number of fused-ring (bicyclic) bond motifs is 8. The molecule has 15 heteroatoms. The highest BCUT2D eigenvalue weighted by atomic mass is 79.9. The van der Waals surface area contributed by atoms with Gasteiger partial charge in [0, 0.05) is 47.9 Å². The lowest BCUT2D eigenvalue weighted by Gasteiger charge is -2.38. The molecule has 7 rings (SSSR count). The Morgan fingerprint density at radius 1 is 1.07 bits per heavy atom. The molecule has 4 aliphatic heterocycles. The van der Waals surface area contributed by atoms with Crippen molar-refractivity contribution in [2.24, 2.45) is 17.8 Å². The van der Waals surface area contributed by atoms with Crippen LogP contribution >= 0.6 is 15.9 Å². The van der Waals surface area contributed by atoms with Gasteiger partial charge in [0.15, 0.2) is 17.4 Å². The third-order valence-corrected chi connectivity index (χ3v) is 11.6. The molecule has 5 aliphatic rings. The summed E-state index contributed by atoms with van der Waals surface area (Å²) in [6.07, 6.45) is 3.95. The molecule has 3 unspecified atom stereocenters. The topological polar surface area (TPSA) is 182 Å². The number of carbonyl (C=O) groups is 3. The van der Waals surface area contributed by atoms with E-state index in [-0.39, 0.29) is 73.1 Å². The number of allylic oxidation sites excluding steroid dienone is 3. The van der Waals surface area contributed by atoms with Gasteiger partial charge in [-0.2, -0.15) is 0 Å². The smallest absolute Gasteiger partial charge is 0.312 e. The van der Waals surface area contributed by atoms with Gasteiger partial charge in [0.2, 0.25) is 5.43 Å². The summed E-state index contributed by atoms with van der Waals surface area (Å²) in [5.74, 6) is -5.02. The van der Waals surface area contributed by atoms with Crippen LogP contribution in [0.5, 0.6) is 17.2 Å². The summed E-state index contributed by atoms with van der Waals surface area (Å²) < 4.78 is 44.0. The Morgan fingerprint density at radius 3 is 2.50 bits per heavy atom. The number of aromatic nitrogens is 1. The van der Waals surface area contributed by atoms with Crippen molar-refractivity contribution >= 4 is 61.1 Å². The number of anilines is 1. The zero-order valence-corrected chi connectivity index (χ0v) is 35.1. The molecule has 306 valence electrons. The fraction of sp³-hybridized carbons (Fsp3) is 0.419. The van der Waals surface area contributed by atoms with Crippen molar-refractivity contribution < 1.29 is 52.3 Å². The summed E-state index contributed by atoms with van der Waals surface area (Å²) >= 11 is 3.47. The minimum absolute atomic E-state index is 0.00533. The van der Waals surface area contributed by atoms with Gasteiger partial charge in [0.05, 0.1) is 36.5 Å². The number of hydrogen-bond donors (Lipinski definition) is 2. The predicted molar refractivity (Wildman–Crippen MR) is 217 cm³/mol. The number of ketones is 1. The maximum atomic E-state index is 15.3. The van der Waals surface area contributed by atoms with Crippen molar-refractivity contribution in [3.8, 4) is 28.7 Å². The van der Waals surface area contributed by atoms with E-state index in [0.29, 0.717) is 16.6 Å². The molecule has 2 aromatic rings. The number of nitrogens with one attached hydrogen (secondary N) is 1. The Labute approximate surface area is 342 Å². The quantitative estimate of drug-likeness (QED) is 0.120. The van der Waals surface area contributed by atoms with Crippen molar-refractivity contribution in [1.82, 2.24) is 4.98 Å². The number of ether oxygens (including phenoxy) is 6. The van der Waals surface area contributed by atoms with Crippen LogP contribution in [0.25, 0.3) is 33.3 Å². The van der Waals surface area contributed by atoms with E-state index in [9.17, 15) is 19.5 Å². The van der Waals surface area contributed by atoms with Crippen LogP contribution in [0.2, 0.25) is 0 Å². The van der Waals surface area contributed by atoms with Crippen molar-refractivity contribution in [2.45, 2.75) is 85.1 Å². The van der Waals surface area contributed by atoms with E-state index < -0.39 is 65.1 Å². The molecule has 0 fully saturated rings. The molecule has 1 aliphatic carbocycles. The number of aliphatic hydroxyl groups is 1. The van der Waals surface area contributed by atoms with Crippen molar-refractivity contribution in [2.75, 3.05) is 19.5 Å². The molecule has 2 N–H and O–H groups in total. The van der Waals surface area contributed by atoms with Gasteiger partial charge in [-0.3, -0.25) is 19.2 Å². The van der Waals surface area contributed by atoms with Crippen LogP contribution in [0, 0.1) is 24.7 Å². The number of carbonyl (C=O) groups excluding carboxylic acids is 3. The Bertz CT molecular complexity index is 2490. The minimum atomic E-state index is -1.95. The summed E-state index contributed by atoms with van der Waals surface area (Å²) in [6.45, 7) is 11.5. The van der Waals surface area contributed by atoms with Crippen molar-refractivity contribution in [3.05, 3.63) is 74.1 Å². The third kappa shape index (κ3) is 6.92. The Hall–Kier alpha value is -5.25. The molecule has 6 bridgehead atoms. The van der Waals surface area contributed by atoms with Crippen LogP contribution < -0.4 is 25.0 Å². The highest BCUT2D eigenvalue weighted by Crippen LogP contribution is 2.52. The summed E-state index contributed by atoms with van der Waals surface area (Å²) in [5.41, 5.74) is -0.198. The first-order valence-electron chi connectivity index (χ1n) is 18.9. The Balaban J connectivity index is 1.69. The van der Waals surface area contributed by atoms with Crippen molar-refractivity contribution in [1.29, 1.82) is 0 Å². The number of methoxy groups -OCH3 is 2. The van der Waals surface area contributed by atoms with Gasteiger partial charge in [0.25, 0.3) is 11.7 Å². The summed E-state index contributed by atoms with van der Waals surface area (Å²) in [7, 11) is 2.92. The molecular formula is C43H45BrN2O12. The predicted octanol–water partition coefficient (Wildman–Crippen LogP) is 7.17. The maximum Gasteiger partial charge on any atom is 0.312 e. The second kappa shape index (κ2) is 15.5. The summed E-state index contributed by atoms with van der Waals surface area (Å²) in [4.78, 5) is 61.9. The number of aliphatic hydroxyl groups excluding tert-OH is 1. The SMILES string of the molecule is COc1cc(Br)cc2oc3c4c(=O)c5c6c(C)c7c(c5c-3nc12)C(=O)[C@@](C)(O/C=C/[C@H](OC)[C@@H](C)C(OC(C)=O)C(O6)[C@H](O)[C@H](C)CC(C)/C=C/C=C(/C)C(=O)N4)O7. The van der Waals surface area contributed by atoms with Gasteiger partial charge in [-0.05, 0) is 50.3 Å². The second-order valence-electron chi connectivity index (χ2n) is 15.4. The molecule has 2 aromatic carbocycles. The van der Waals surface area contributed by atoms with Gasteiger partial charge in [-0.25, -0.2) is 4.98 Å². The van der Waals surface area contributed by atoms with E-state index in [0.717, 1.165) is 0 Å². The monoisotopic (exact) mass is 860 g/mol. The number of benzene rings is 3.